The first-order valence-corrected chi connectivity index (χ1v) is 47.9. The number of benzene rings is 9. The van der Waals surface area contributed by atoms with E-state index in [0.29, 0.717) is 63.4 Å². The molecule has 9 aromatic rings. The number of nitrogens with zero attached hydrogens (tertiary/aromatic N) is 6. The number of hydrogen-bond acceptors (Lipinski definition) is 15. The third kappa shape index (κ3) is 16.5. The summed E-state index contributed by atoms with van der Waals surface area (Å²) in [7, 11) is 4.40. The number of carbonyl (C=O) groups excluding carboxylic acids is 6. The summed E-state index contributed by atoms with van der Waals surface area (Å²) in [6, 6.07) is 70.7. The Morgan fingerprint density at radius 2 is 0.674 bits per heavy atom. The van der Waals surface area contributed by atoms with E-state index in [-0.39, 0.29) is 120 Å². The molecule has 9 fully saturated rings. The van der Waals surface area contributed by atoms with Crippen LogP contribution in [0.3, 0.4) is 0 Å². The van der Waals surface area contributed by atoms with E-state index >= 15 is 0 Å². The molecule has 0 aromatic heterocycles. The minimum atomic E-state index is -0.731. The van der Waals surface area contributed by atoms with E-state index in [4.69, 9.17) is 28.4 Å². The van der Waals surface area contributed by atoms with E-state index in [1.54, 1.807) is 12.1 Å². The van der Waals surface area contributed by atoms with E-state index in [9.17, 15) is 37.5 Å². The van der Waals surface area contributed by atoms with Crippen LogP contribution in [-0.2, 0) is 113 Å². The second-order valence-electron chi connectivity index (χ2n) is 38.3. The topological polar surface area (TPSA) is 177 Å². The summed E-state index contributed by atoms with van der Waals surface area (Å²) in [4.78, 5) is 97.6. The average Bonchev–Trinajstić information content (AvgIpc) is 1.55. The zero-order chi connectivity index (χ0) is 89.1. The van der Waals surface area contributed by atoms with Gasteiger partial charge in [-0.15, -0.1) is 0 Å². The van der Waals surface area contributed by atoms with Crippen LogP contribution >= 0.6 is 31.9 Å². The Morgan fingerprint density at radius 1 is 0.364 bits per heavy atom. The third-order valence-electron chi connectivity index (χ3n) is 31.7. The Labute approximate surface area is 771 Å². The first kappa shape index (κ1) is 88.6. The molecule has 22 heteroatoms. The molecule has 0 N–H and O–H groups in total. The van der Waals surface area contributed by atoms with Crippen LogP contribution in [-0.4, -0.2) is 147 Å². The van der Waals surface area contributed by atoms with Crippen LogP contribution in [0, 0.1) is 78.7 Å². The highest BCUT2D eigenvalue weighted by atomic mass is 79.9. The van der Waals surface area contributed by atoms with Gasteiger partial charge in [-0.25, -0.2) is 8.78 Å². The van der Waals surface area contributed by atoms with Crippen molar-refractivity contribution in [3.05, 3.63) is 300 Å². The Kier molecular flexibility index (Phi) is 25.6. The van der Waals surface area contributed by atoms with Gasteiger partial charge >= 0.3 is 17.9 Å². The van der Waals surface area contributed by atoms with Crippen molar-refractivity contribution in [1.29, 1.82) is 0 Å². The number of amides is 3. The normalized spacial score (nSPS) is 29.8. The average molecular weight is 1870 g/mol. The number of esters is 3. The molecule has 12 aliphatic rings. The fraction of sp³-hybridized carbons (Fsp3) is 0.439. The van der Waals surface area contributed by atoms with E-state index in [1.165, 1.54) is 56.7 Å². The molecule has 21 rings (SSSR count). The smallest absolute Gasteiger partial charge is 0.311 e. The Hall–Kier alpha value is -9.62. The summed E-state index contributed by atoms with van der Waals surface area (Å²) in [6.07, 6.45) is 9.20. The van der Waals surface area contributed by atoms with Gasteiger partial charge in [-0.3, -0.25) is 43.5 Å². The van der Waals surface area contributed by atoms with Gasteiger partial charge in [0.05, 0.1) is 113 Å². The van der Waals surface area contributed by atoms with Crippen LogP contribution in [0.15, 0.2) is 227 Å². The summed E-state index contributed by atoms with van der Waals surface area (Å²) >= 11 is 7.03. The highest BCUT2D eigenvalue weighted by molar-refractivity contribution is 9.10. The number of carbonyl (C=O) groups is 6. The summed E-state index contributed by atoms with van der Waals surface area (Å²) in [5, 5.41) is 0. The second-order valence-corrected chi connectivity index (χ2v) is 40.1. The maximum absolute atomic E-state index is 14.7. The Balaban J connectivity index is 0.000000126. The van der Waals surface area contributed by atoms with Gasteiger partial charge in [0.2, 0.25) is 17.7 Å². The van der Waals surface area contributed by atoms with Gasteiger partial charge in [0.25, 0.3) is 0 Å². The van der Waals surface area contributed by atoms with Crippen molar-refractivity contribution in [2.45, 2.75) is 183 Å². The van der Waals surface area contributed by atoms with Gasteiger partial charge in [-0.2, -0.15) is 0 Å². The molecule has 3 amide bonds. The van der Waals surface area contributed by atoms with Gasteiger partial charge in [-0.05, 0) is 263 Å². The number of halogens is 4. The molecule has 9 heterocycles. The molecule has 3 spiro atoms. The number of anilines is 3. The zero-order valence-corrected chi connectivity index (χ0v) is 77.2. The van der Waals surface area contributed by atoms with Gasteiger partial charge in [0.15, 0.2) is 0 Å². The number of methoxy groups -OCH3 is 3. The van der Waals surface area contributed by atoms with Crippen LogP contribution in [0.4, 0.5) is 25.8 Å². The molecule has 18 atom stereocenters. The van der Waals surface area contributed by atoms with Crippen molar-refractivity contribution < 1.29 is 66.0 Å². The summed E-state index contributed by atoms with van der Waals surface area (Å²) in [6.45, 7) is 12.0. The molecule has 9 aromatic carbocycles. The van der Waals surface area contributed by atoms with Crippen LogP contribution in [0.25, 0.3) is 0 Å². The summed E-state index contributed by atoms with van der Waals surface area (Å²) in [5.41, 5.74) is 12.6. The largest absolute Gasteiger partial charge is 0.469 e. The van der Waals surface area contributed by atoms with Gasteiger partial charge in [-0.1, -0.05) is 195 Å². The van der Waals surface area contributed by atoms with Crippen molar-refractivity contribution >= 4 is 84.6 Å². The van der Waals surface area contributed by atoms with Crippen molar-refractivity contribution in [3.8, 4) is 0 Å². The number of piperidine rings is 3. The van der Waals surface area contributed by atoms with Crippen molar-refractivity contribution in [1.82, 2.24) is 14.7 Å². The molecular weight excluding hydrogens is 1760 g/mol. The maximum Gasteiger partial charge on any atom is 0.311 e. The van der Waals surface area contributed by atoms with Crippen LogP contribution in [0.2, 0.25) is 0 Å². The quantitative estimate of drug-likeness (QED) is 0.0585. The first-order valence-electron chi connectivity index (χ1n) is 46.3. The number of ether oxygens (including phenoxy) is 6. The van der Waals surface area contributed by atoms with Crippen LogP contribution < -0.4 is 14.7 Å². The van der Waals surface area contributed by atoms with Gasteiger partial charge in [0, 0.05) is 63.8 Å². The summed E-state index contributed by atoms with van der Waals surface area (Å²) in [5.74, 6) is -0.703. The summed E-state index contributed by atoms with van der Waals surface area (Å²) < 4.78 is 65.4. The monoisotopic (exact) mass is 1870 g/mol. The predicted octanol–water partition coefficient (Wildman–Crippen LogP) is 18.5. The lowest BCUT2D eigenvalue weighted by Gasteiger charge is -2.50. The highest BCUT2D eigenvalue weighted by Crippen LogP contribution is 2.61. The number of para-hydroxylation sites is 3. The number of hydrogen-bond donors (Lipinski definition) is 0. The minimum Gasteiger partial charge on any atom is -0.469 e. The van der Waals surface area contributed by atoms with Crippen molar-refractivity contribution in [2.75, 3.05) is 75.3 Å². The minimum absolute atomic E-state index is 0.00725. The van der Waals surface area contributed by atoms with E-state index in [2.05, 4.69) is 164 Å². The third-order valence-corrected chi connectivity index (χ3v) is 32.7. The molecule has 0 bridgehead atoms. The standard InChI is InChI=1S/C37H42N2O4.C35H36Br2N2O4.C35H36F2N2O4/c1-24-8-6-10-26(18-24)21-39-31-13-5-4-12-30(31)37(36(39)41)16-17-38-22-28-14-15-32(43-23-27-11-7-9-25(2)19-27)34(35(40)42-3)29(28)20-33(37)38;1-42-33(40)32-27-18-31-35(28-4-2-3-5-29(28)39(34(35)41)19-22-6-11-25(36)12-7-22)16-17-38(31)20-24(27)10-15-30(32)43-21-23-8-13-26(37)14-9-23;1-42-33(40)32-27-18-31-35(28-10-2-3-11-29(28)39(34(35)41)19-22-6-4-8-25(36)16-22)14-15-38(31)20-24(27)12-13-30(32)43-21-23-7-5-9-26(37)17-23/h4-13,18-19,28-29,32-34H,14-17,20-23H2,1-3H3;2-9,11-14,24,27,30-32H,10,15-21H2,1H3;2-11,16-17,24,27,30-32H,12-15,18-21H2,1H3/t28-,29-,32-,33-,34+,37-;2*24-,27-,30-,31-,32+,35-/m000/s1. The van der Waals surface area contributed by atoms with Gasteiger partial charge in [0.1, 0.15) is 11.6 Å². The van der Waals surface area contributed by atoms with Crippen LogP contribution in [0.5, 0.6) is 0 Å². The fourth-order valence-electron chi connectivity index (χ4n) is 25.9. The lowest BCUT2D eigenvalue weighted by atomic mass is 9.62. The molecule has 129 heavy (non-hydrogen) atoms. The molecule has 672 valence electrons. The van der Waals surface area contributed by atoms with Crippen molar-refractivity contribution in [3.63, 3.8) is 0 Å². The Bertz CT molecular complexity index is 5460. The van der Waals surface area contributed by atoms with Gasteiger partial charge < -0.3 is 43.1 Å². The molecule has 0 radical (unpaired) electrons. The maximum atomic E-state index is 14.7. The number of rotatable bonds is 18. The van der Waals surface area contributed by atoms with E-state index in [0.717, 1.165) is 180 Å². The first-order chi connectivity index (χ1) is 62.7. The number of fused-ring (bicyclic) bond motifs is 15. The van der Waals surface area contributed by atoms with E-state index < -0.39 is 22.2 Å². The molecule has 3 aliphatic carbocycles. The predicted molar refractivity (Wildman–Crippen MR) is 496 cm³/mol. The molecular formula is C107H114Br2F2N6O12. The fourth-order valence-corrected chi connectivity index (χ4v) is 26.5. The Morgan fingerprint density at radius 3 is 1.04 bits per heavy atom. The zero-order valence-electron chi connectivity index (χ0n) is 74.0. The van der Waals surface area contributed by atoms with Crippen molar-refractivity contribution in [2.24, 2.45) is 53.3 Å². The second kappa shape index (κ2) is 37.2. The van der Waals surface area contributed by atoms with E-state index in [1.807, 2.05) is 93.6 Å². The highest BCUT2D eigenvalue weighted by Gasteiger charge is 2.67. The lowest BCUT2D eigenvalue weighted by molar-refractivity contribution is -0.166. The molecule has 3 saturated carbocycles. The molecule has 9 aliphatic heterocycles. The lowest BCUT2D eigenvalue weighted by Crippen LogP contribution is -2.58. The number of aryl methyl sites for hydroxylation is 2. The molecule has 6 saturated heterocycles. The van der Waals surface area contributed by atoms with Crippen LogP contribution in [0.1, 0.15) is 138 Å². The molecule has 0 unspecified atom stereocenters. The molecule has 18 nitrogen and oxygen atoms in total. The SMILES string of the molecule is COC(=O)[C@@H]1[C@H]2C[C@@H]3N(CC[C@@]34C(=O)N(Cc3ccc(Br)cc3)c3ccccc34)C[C@@H]2CC[C@@H]1OCc1ccc(Br)cc1.COC(=O)[C@@H]1[C@H]2C[C@@H]3N(CC[C@@]34C(=O)N(Cc3cccc(C)c3)c3ccccc34)C[C@@H]2CC[C@@H]1OCc1cccc(C)c1.COC(=O)[C@@H]1[C@H]2C[C@@H]3N(CC[C@@]34C(=O)N(Cc3cccc(F)c3)c3ccccc34)C[C@@H]2CC[C@@H]1OCc1cccc(F)c1.